The van der Waals surface area contributed by atoms with Gasteiger partial charge in [0, 0.05) is 24.4 Å². The van der Waals surface area contributed by atoms with Crippen molar-refractivity contribution in [2.24, 2.45) is 0 Å². The molecule has 0 unspecified atom stereocenters. The van der Waals surface area contributed by atoms with E-state index < -0.39 is 5.60 Å². The number of aryl methyl sites for hydroxylation is 1. The third-order valence-corrected chi connectivity index (χ3v) is 7.79. The Hall–Kier alpha value is -2.22. The predicted octanol–water partition coefficient (Wildman–Crippen LogP) is 5.65. The smallest absolute Gasteiger partial charge is 0.410 e. The second kappa shape index (κ2) is 9.57. The molecule has 33 heavy (non-hydrogen) atoms. The summed E-state index contributed by atoms with van der Waals surface area (Å²) in [6, 6.07) is 0.152. The molecule has 2 heterocycles. The lowest BCUT2D eigenvalue weighted by atomic mass is 9.83. The van der Waals surface area contributed by atoms with Crippen molar-refractivity contribution in [2.75, 3.05) is 7.05 Å². The number of amides is 1. The number of fused-ring (bicyclic) bond motifs is 3. The lowest BCUT2D eigenvalue weighted by molar-refractivity contribution is -0.117. The van der Waals surface area contributed by atoms with E-state index in [1.807, 2.05) is 27.8 Å². The van der Waals surface area contributed by atoms with Gasteiger partial charge in [-0.25, -0.2) is 14.8 Å². The summed E-state index contributed by atoms with van der Waals surface area (Å²) in [7, 11) is 1.82. The number of thiophene rings is 1. The number of hydrogen-bond acceptors (Lipinski definition) is 7. The Balaban J connectivity index is 1.47. The minimum Gasteiger partial charge on any atom is -0.474 e. The Bertz CT molecular complexity index is 1020. The van der Waals surface area contributed by atoms with E-state index in [9.17, 15) is 9.59 Å². The maximum absolute atomic E-state index is 12.4. The van der Waals surface area contributed by atoms with Crippen molar-refractivity contribution in [1.29, 1.82) is 0 Å². The van der Waals surface area contributed by atoms with E-state index in [-0.39, 0.29) is 29.9 Å². The summed E-state index contributed by atoms with van der Waals surface area (Å²) in [5, 5.41) is 1.01. The number of nitrogens with zero attached hydrogens (tertiary/aromatic N) is 3. The predicted molar refractivity (Wildman–Crippen MR) is 129 cm³/mol. The van der Waals surface area contributed by atoms with Crippen LogP contribution in [0.4, 0.5) is 4.79 Å². The van der Waals surface area contributed by atoms with Crippen LogP contribution in [0.15, 0.2) is 6.33 Å². The molecule has 2 aliphatic rings. The van der Waals surface area contributed by atoms with Gasteiger partial charge in [0.05, 0.1) is 5.39 Å². The highest BCUT2D eigenvalue weighted by Crippen LogP contribution is 2.46. The molecule has 1 fully saturated rings. The van der Waals surface area contributed by atoms with Gasteiger partial charge in [-0.1, -0.05) is 0 Å². The highest BCUT2D eigenvalue weighted by molar-refractivity contribution is 7.18. The number of ketones is 1. The zero-order valence-corrected chi connectivity index (χ0v) is 21.2. The number of Topliss-reactive ketones (excluding diaryl/α,β-unsaturated/α-hetero) is 1. The average molecular weight is 474 g/mol. The second-order valence-electron chi connectivity index (χ2n) is 10.4. The van der Waals surface area contributed by atoms with Gasteiger partial charge in [0.25, 0.3) is 0 Å². The second-order valence-corrected chi connectivity index (χ2v) is 11.5. The fourth-order valence-electron chi connectivity index (χ4n) is 5.08. The summed E-state index contributed by atoms with van der Waals surface area (Å²) < 4.78 is 12.0. The monoisotopic (exact) mass is 473 g/mol. The summed E-state index contributed by atoms with van der Waals surface area (Å²) in [6.45, 7) is 7.33. The standard InChI is InChI=1S/C25H35N3O4S/c1-15(29)13-16-7-6-8-19-20(16)21-22(26-14-27-23(21)33-19)31-18-11-9-17(10-12-18)28(5)24(30)32-25(2,3)4/h14,16-18H,6-13H2,1-5H3/t16-,17-,18-/m1/s1. The number of rotatable bonds is 5. The van der Waals surface area contributed by atoms with Gasteiger partial charge in [0.2, 0.25) is 5.88 Å². The van der Waals surface area contributed by atoms with Crippen LogP contribution in [0.3, 0.4) is 0 Å². The van der Waals surface area contributed by atoms with E-state index in [2.05, 4.69) is 9.97 Å². The SMILES string of the molecule is CC(=O)C[C@H]1CCCc2sc3ncnc(O[C@H]4CC[C@H](N(C)C(=O)OC(C)(C)C)CC4)c3c21. The quantitative estimate of drug-likeness (QED) is 0.558. The van der Waals surface area contributed by atoms with Gasteiger partial charge in [-0.2, -0.15) is 0 Å². The molecule has 0 bridgehead atoms. The van der Waals surface area contributed by atoms with Crippen molar-refractivity contribution in [1.82, 2.24) is 14.9 Å². The van der Waals surface area contributed by atoms with Crippen LogP contribution in [0.2, 0.25) is 0 Å². The summed E-state index contributed by atoms with van der Waals surface area (Å²) in [5.41, 5.74) is 0.745. The molecular formula is C25H35N3O4S. The van der Waals surface area contributed by atoms with Gasteiger partial charge in [-0.15, -0.1) is 11.3 Å². The van der Waals surface area contributed by atoms with Crippen molar-refractivity contribution in [3.05, 3.63) is 16.8 Å². The molecular weight excluding hydrogens is 438 g/mol. The highest BCUT2D eigenvalue weighted by atomic mass is 32.1. The maximum Gasteiger partial charge on any atom is 0.410 e. The number of carbonyl (C=O) groups is 2. The molecule has 0 saturated heterocycles. The Kier molecular flexibility index (Phi) is 6.93. The third kappa shape index (κ3) is 5.48. The van der Waals surface area contributed by atoms with Gasteiger partial charge in [0.15, 0.2) is 0 Å². The zero-order chi connectivity index (χ0) is 23.8. The molecule has 0 spiro atoms. The molecule has 0 aliphatic heterocycles. The molecule has 2 aromatic heterocycles. The van der Waals surface area contributed by atoms with E-state index in [4.69, 9.17) is 9.47 Å². The number of aromatic nitrogens is 2. The summed E-state index contributed by atoms with van der Waals surface area (Å²) >= 11 is 1.72. The summed E-state index contributed by atoms with van der Waals surface area (Å²) in [5.74, 6) is 1.10. The van der Waals surface area contributed by atoms with E-state index in [1.165, 1.54) is 10.4 Å². The molecule has 0 radical (unpaired) electrons. The van der Waals surface area contributed by atoms with Crippen molar-refractivity contribution in [2.45, 2.75) is 103 Å². The maximum atomic E-state index is 12.4. The van der Waals surface area contributed by atoms with E-state index in [1.54, 1.807) is 29.5 Å². The Morgan fingerprint density at radius 3 is 2.55 bits per heavy atom. The van der Waals surface area contributed by atoms with Crippen LogP contribution in [0.25, 0.3) is 10.2 Å². The molecule has 4 rings (SSSR count). The number of ether oxygens (including phenoxy) is 2. The van der Waals surface area contributed by atoms with Gasteiger partial charge >= 0.3 is 6.09 Å². The Morgan fingerprint density at radius 1 is 1.15 bits per heavy atom. The van der Waals surface area contributed by atoms with Crippen molar-refractivity contribution in [3.8, 4) is 5.88 Å². The minimum atomic E-state index is -0.496. The molecule has 1 atom stereocenters. The Morgan fingerprint density at radius 2 is 1.88 bits per heavy atom. The first-order valence-electron chi connectivity index (χ1n) is 12.0. The molecule has 1 amide bonds. The summed E-state index contributed by atoms with van der Waals surface area (Å²) in [6.07, 6.45) is 8.53. The normalized spacial score (nSPS) is 23.1. The van der Waals surface area contributed by atoms with Crippen LogP contribution in [-0.4, -0.2) is 51.5 Å². The van der Waals surface area contributed by atoms with Crippen LogP contribution < -0.4 is 4.74 Å². The minimum absolute atomic E-state index is 0.0526. The molecule has 0 N–H and O–H groups in total. The number of carbonyl (C=O) groups excluding carboxylic acids is 2. The van der Waals surface area contributed by atoms with Crippen LogP contribution in [0, 0.1) is 0 Å². The molecule has 2 aliphatic carbocycles. The molecule has 2 aromatic rings. The fraction of sp³-hybridized carbons (Fsp3) is 0.680. The first-order valence-corrected chi connectivity index (χ1v) is 12.8. The largest absolute Gasteiger partial charge is 0.474 e. The Labute approximate surface area is 199 Å². The van der Waals surface area contributed by atoms with E-state index in [0.29, 0.717) is 12.3 Å². The van der Waals surface area contributed by atoms with Crippen molar-refractivity contribution in [3.63, 3.8) is 0 Å². The van der Waals surface area contributed by atoms with E-state index >= 15 is 0 Å². The molecule has 7 nitrogen and oxygen atoms in total. The topological polar surface area (TPSA) is 81.6 Å². The van der Waals surface area contributed by atoms with Gasteiger partial charge in [-0.3, -0.25) is 0 Å². The molecule has 0 aromatic carbocycles. The molecule has 8 heteroatoms. The lowest BCUT2D eigenvalue weighted by Gasteiger charge is -2.35. The molecule has 1 saturated carbocycles. The average Bonchev–Trinajstić information content (AvgIpc) is 3.13. The van der Waals surface area contributed by atoms with Crippen LogP contribution >= 0.6 is 11.3 Å². The van der Waals surface area contributed by atoms with Crippen molar-refractivity contribution < 1.29 is 19.1 Å². The third-order valence-electron chi connectivity index (χ3n) is 6.62. The lowest BCUT2D eigenvalue weighted by Crippen LogP contribution is -2.43. The summed E-state index contributed by atoms with van der Waals surface area (Å²) in [4.78, 5) is 37.4. The van der Waals surface area contributed by atoms with Gasteiger partial charge < -0.3 is 19.2 Å². The number of hydrogen-bond donors (Lipinski definition) is 0. The van der Waals surface area contributed by atoms with E-state index in [0.717, 1.165) is 55.2 Å². The first-order chi connectivity index (χ1) is 15.6. The van der Waals surface area contributed by atoms with Crippen molar-refractivity contribution >= 4 is 33.4 Å². The van der Waals surface area contributed by atoms with Gasteiger partial charge in [0.1, 0.15) is 28.6 Å². The van der Waals surface area contributed by atoms with Crippen LogP contribution in [0.1, 0.15) is 89.0 Å². The zero-order valence-electron chi connectivity index (χ0n) is 20.3. The first kappa shape index (κ1) is 23.9. The van der Waals surface area contributed by atoms with Gasteiger partial charge in [-0.05, 0) is 84.1 Å². The van der Waals surface area contributed by atoms with Crippen LogP contribution in [-0.2, 0) is 16.0 Å². The molecule has 180 valence electrons. The fourth-order valence-corrected chi connectivity index (χ4v) is 6.33. The van der Waals surface area contributed by atoms with Crippen LogP contribution in [0.5, 0.6) is 5.88 Å². The highest BCUT2D eigenvalue weighted by Gasteiger charge is 2.32.